The fourth-order valence-electron chi connectivity index (χ4n) is 0.976. The topological polar surface area (TPSA) is 150 Å². The van der Waals surface area contributed by atoms with E-state index in [0.717, 1.165) is 5.56 Å². The summed E-state index contributed by atoms with van der Waals surface area (Å²) < 4.78 is 31.6. The summed E-state index contributed by atoms with van der Waals surface area (Å²) in [5.74, 6) is 0.652. The van der Waals surface area contributed by atoms with E-state index in [2.05, 4.69) is 0 Å². The summed E-state index contributed by atoms with van der Waals surface area (Å²) in [5, 5.41) is 7.15. The van der Waals surface area contributed by atoms with Crippen molar-refractivity contribution in [3.8, 4) is 0 Å². The number of hydrogen-bond acceptors (Lipinski definition) is 5. The lowest BCUT2D eigenvalue weighted by Gasteiger charge is -2.10. The summed E-state index contributed by atoms with van der Waals surface area (Å²) in [7, 11) is -4.67. The molecule has 0 aliphatic heterocycles. The number of amidine groups is 1. The van der Waals surface area contributed by atoms with Gasteiger partial charge in [0.15, 0.2) is 5.17 Å². The quantitative estimate of drug-likeness (QED) is 0.312. The minimum atomic E-state index is -4.67. The minimum absolute atomic E-state index is 0.0462. The second-order valence-electron chi connectivity index (χ2n) is 3.14. The normalized spacial score (nSPS) is 12.2. The zero-order chi connectivity index (χ0) is 14.2. The number of hydrogen-bond donors (Lipinski definition) is 5. The van der Waals surface area contributed by atoms with Crippen molar-refractivity contribution in [2.75, 3.05) is 5.75 Å². The maximum atomic E-state index is 8.74. The van der Waals surface area contributed by atoms with Crippen molar-refractivity contribution in [1.29, 1.82) is 5.41 Å². The van der Waals surface area contributed by atoms with Crippen LogP contribution in [0.5, 0.6) is 0 Å². The molecule has 0 amide bonds. The molecule has 0 bridgehead atoms. The van der Waals surface area contributed by atoms with Gasteiger partial charge in [-0.05, 0) is 5.56 Å². The van der Waals surface area contributed by atoms with Crippen molar-refractivity contribution in [3.63, 3.8) is 0 Å². The van der Waals surface area contributed by atoms with Crippen LogP contribution in [-0.4, -0.2) is 28.4 Å². The van der Waals surface area contributed by atoms with Gasteiger partial charge >= 0.3 is 10.4 Å². The lowest BCUT2D eigenvalue weighted by molar-refractivity contribution is 0.381. The number of rotatable bonds is 3. The summed E-state index contributed by atoms with van der Waals surface area (Å²) in [6, 6.07) is 9.77. The molecule has 9 heteroatoms. The Morgan fingerprint density at radius 3 is 2.17 bits per heavy atom. The molecule has 102 valence electrons. The van der Waals surface area contributed by atoms with Crippen molar-refractivity contribution in [3.05, 3.63) is 35.9 Å². The van der Waals surface area contributed by atoms with E-state index in [1.165, 1.54) is 11.8 Å². The third-order valence-corrected chi connectivity index (χ3v) is 2.48. The van der Waals surface area contributed by atoms with Crippen LogP contribution < -0.4 is 11.5 Å². The Hall–Kier alpha value is -1.13. The summed E-state index contributed by atoms with van der Waals surface area (Å²) in [6.07, 6.45) is 0. The van der Waals surface area contributed by atoms with Gasteiger partial charge in [0.05, 0.1) is 0 Å². The minimum Gasteiger partial charge on any atom is -0.379 e. The molecule has 0 spiro atoms. The Balaban J connectivity index is 0.000000494. The second kappa shape index (κ2) is 8.06. The van der Waals surface area contributed by atoms with E-state index in [1.807, 2.05) is 30.3 Å². The first-order valence-electron chi connectivity index (χ1n) is 4.67. The molecule has 0 saturated carbocycles. The number of benzene rings is 1. The molecule has 1 aromatic rings. The average molecular weight is 293 g/mol. The average Bonchev–Trinajstić information content (AvgIpc) is 2.25. The maximum absolute atomic E-state index is 8.74. The van der Waals surface area contributed by atoms with Gasteiger partial charge in [-0.2, -0.15) is 8.42 Å². The van der Waals surface area contributed by atoms with Crippen molar-refractivity contribution in [2.24, 2.45) is 11.5 Å². The Bertz CT molecular complexity index is 456. The van der Waals surface area contributed by atoms with Gasteiger partial charge in [-0.25, -0.2) is 0 Å². The molecule has 0 heterocycles. The molecule has 7 N–H and O–H groups in total. The van der Waals surface area contributed by atoms with E-state index in [0.29, 0.717) is 5.75 Å². The molecular formula is C9H15N3O4S2. The fraction of sp³-hybridized carbons (Fsp3) is 0.222. The lowest BCUT2D eigenvalue weighted by atomic mass is 10.1. The summed E-state index contributed by atoms with van der Waals surface area (Å²) in [4.78, 5) is 0. The Labute approximate surface area is 110 Å². The van der Waals surface area contributed by atoms with E-state index in [1.54, 1.807) is 0 Å². The third kappa shape index (κ3) is 11.4. The fourth-order valence-corrected chi connectivity index (χ4v) is 1.53. The number of nitrogens with one attached hydrogen (secondary N) is 1. The molecule has 18 heavy (non-hydrogen) atoms. The molecule has 1 atom stereocenters. The van der Waals surface area contributed by atoms with Crippen LogP contribution in [0.15, 0.2) is 30.3 Å². The van der Waals surface area contributed by atoms with Crippen LogP contribution in [-0.2, 0) is 10.4 Å². The van der Waals surface area contributed by atoms with Gasteiger partial charge in [0.2, 0.25) is 0 Å². The number of thioether (sulfide) groups is 1. The molecule has 1 rings (SSSR count). The van der Waals surface area contributed by atoms with E-state index >= 15 is 0 Å². The standard InChI is InChI=1S/C9H13N3S.H2O4S/c10-8(6-13-9(11)12)7-4-2-1-3-5-7;1-5(2,3)4/h1-5,8H,6,10H2,(H3,11,12);(H2,1,2,3,4). The first kappa shape index (κ1) is 16.9. The van der Waals surface area contributed by atoms with Crippen LogP contribution in [0.4, 0.5) is 0 Å². The van der Waals surface area contributed by atoms with Gasteiger partial charge in [-0.3, -0.25) is 14.5 Å². The van der Waals surface area contributed by atoms with Crippen molar-refractivity contribution in [2.45, 2.75) is 6.04 Å². The molecule has 0 radical (unpaired) electrons. The van der Waals surface area contributed by atoms with Gasteiger partial charge in [0.25, 0.3) is 0 Å². The van der Waals surface area contributed by atoms with Gasteiger partial charge in [0.1, 0.15) is 0 Å². The zero-order valence-corrected chi connectivity index (χ0v) is 11.0. The highest BCUT2D eigenvalue weighted by atomic mass is 32.3. The molecule has 0 aliphatic rings. The second-order valence-corrected chi connectivity index (χ2v) is 5.10. The van der Waals surface area contributed by atoms with Crippen LogP contribution in [0.25, 0.3) is 0 Å². The van der Waals surface area contributed by atoms with Crippen molar-refractivity contribution < 1.29 is 17.5 Å². The molecule has 0 saturated heterocycles. The summed E-state index contributed by atoms with van der Waals surface area (Å²) in [6.45, 7) is 0. The predicted octanol–water partition coefficient (Wildman–Crippen LogP) is 0.660. The monoisotopic (exact) mass is 293 g/mol. The van der Waals surface area contributed by atoms with Crippen LogP contribution in [0.1, 0.15) is 11.6 Å². The van der Waals surface area contributed by atoms with Crippen molar-refractivity contribution in [1.82, 2.24) is 0 Å². The first-order valence-corrected chi connectivity index (χ1v) is 7.05. The Morgan fingerprint density at radius 2 is 1.78 bits per heavy atom. The summed E-state index contributed by atoms with van der Waals surface area (Å²) >= 11 is 1.27. The zero-order valence-electron chi connectivity index (χ0n) is 9.35. The smallest absolute Gasteiger partial charge is 0.379 e. The first-order chi connectivity index (χ1) is 8.20. The SMILES string of the molecule is N=C(N)SCC(N)c1ccccc1.O=S(=O)(O)O. The Morgan fingerprint density at radius 1 is 1.33 bits per heavy atom. The highest BCUT2D eigenvalue weighted by molar-refractivity contribution is 8.13. The van der Waals surface area contributed by atoms with Gasteiger partial charge < -0.3 is 11.5 Å². The highest BCUT2D eigenvalue weighted by Gasteiger charge is 2.05. The van der Waals surface area contributed by atoms with Crippen LogP contribution >= 0.6 is 11.8 Å². The van der Waals surface area contributed by atoms with Gasteiger partial charge in [0, 0.05) is 11.8 Å². The summed E-state index contributed by atoms with van der Waals surface area (Å²) in [5.41, 5.74) is 12.2. The van der Waals surface area contributed by atoms with E-state index in [4.69, 9.17) is 34.4 Å². The van der Waals surface area contributed by atoms with E-state index in [-0.39, 0.29) is 11.2 Å². The van der Waals surface area contributed by atoms with E-state index < -0.39 is 10.4 Å². The third-order valence-electron chi connectivity index (χ3n) is 1.65. The predicted molar refractivity (Wildman–Crippen MR) is 71.9 cm³/mol. The molecule has 1 aromatic carbocycles. The highest BCUT2D eigenvalue weighted by Crippen LogP contribution is 2.14. The van der Waals surface area contributed by atoms with Crippen LogP contribution in [0.2, 0.25) is 0 Å². The molecular weight excluding hydrogens is 278 g/mol. The largest absolute Gasteiger partial charge is 0.394 e. The van der Waals surface area contributed by atoms with Gasteiger partial charge in [-0.15, -0.1) is 0 Å². The van der Waals surface area contributed by atoms with Gasteiger partial charge in [-0.1, -0.05) is 42.1 Å². The molecule has 7 nitrogen and oxygen atoms in total. The molecule has 0 fully saturated rings. The van der Waals surface area contributed by atoms with Crippen LogP contribution in [0.3, 0.4) is 0 Å². The molecule has 0 aliphatic carbocycles. The van der Waals surface area contributed by atoms with Crippen molar-refractivity contribution >= 4 is 27.3 Å². The Kier molecular flexibility index (Phi) is 7.55. The van der Waals surface area contributed by atoms with Crippen LogP contribution in [0, 0.1) is 5.41 Å². The maximum Gasteiger partial charge on any atom is 0.394 e. The lowest BCUT2D eigenvalue weighted by Crippen LogP contribution is -2.16. The van der Waals surface area contributed by atoms with E-state index in [9.17, 15) is 0 Å². The number of nitrogens with two attached hydrogens (primary N) is 2. The molecule has 0 aromatic heterocycles. The molecule has 1 unspecified atom stereocenters.